The number of nitriles is 1. The van der Waals surface area contributed by atoms with Gasteiger partial charge < -0.3 is 9.64 Å². The Morgan fingerprint density at radius 3 is 2.83 bits per heavy atom. The number of nitrogens with zero attached hydrogens (tertiary/aromatic N) is 3. The lowest BCUT2D eigenvalue weighted by Gasteiger charge is -2.18. The number of hydrogen-bond acceptors (Lipinski definition) is 5. The summed E-state index contributed by atoms with van der Waals surface area (Å²) in [6.45, 7) is 0.401. The van der Waals surface area contributed by atoms with Crippen molar-refractivity contribution in [3.63, 3.8) is 0 Å². The predicted molar refractivity (Wildman–Crippen MR) is 83.9 cm³/mol. The van der Waals surface area contributed by atoms with Crippen molar-refractivity contribution in [1.82, 2.24) is 4.98 Å². The van der Waals surface area contributed by atoms with Gasteiger partial charge in [0.2, 0.25) is 0 Å². The molecule has 118 valence electrons. The van der Waals surface area contributed by atoms with Gasteiger partial charge in [0.25, 0.3) is 0 Å². The molecule has 0 saturated heterocycles. The van der Waals surface area contributed by atoms with Crippen LogP contribution in [0.25, 0.3) is 0 Å². The first-order chi connectivity index (χ1) is 11.0. The molecule has 2 aromatic rings. The zero-order chi connectivity index (χ0) is 16.8. The molecule has 0 radical (unpaired) electrons. The maximum absolute atomic E-state index is 13.6. The van der Waals surface area contributed by atoms with E-state index >= 15 is 0 Å². The van der Waals surface area contributed by atoms with E-state index in [0.717, 1.165) is 6.07 Å². The van der Waals surface area contributed by atoms with E-state index < -0.39 is 11.8 Å². The maximum atomic E-state index is 13.6. The highest BCUT2D eigenvalue weighted by atomic mass is 35.5. The van der Waals surface area contributed by atoms with Crippen LogP contribution in [-0.2, 0) is 4.74 Å². The average Bonchev–Trinajstić information content (AvgIpc) is 2.54. The van der Waals surface area contributed by atoms with Gasteiger partial charge in [-0.3, -0.25) is 0 Å². The van der Waals surface area contributed by atoms with Crippen molar-refractivity contribution in [2.75, 3.05) is 25.1 Å². The van der Waals surface area contributed by atoms with Crippen molar-refractivity contribution in [2.24, 2.45) is 0 Å². The van der Waals surface area contributed by atoms with Gasteiger partial charge in [-0.2, -0.15) is 5.26 Å². The Hall–Kier alpha value is -2.65. The number of carbonyl (C=O) groups excluding carboxylic acids is 1. The number of pyridine rings is 1. The number of rotatable bonds is 5. The van der Waals surface area contributed by atoms with Gasteiger partial charge in [-0.05, 0) is 24.3 Å². The fourth-order valence-corrected chi connectivity index (χ4v) is 2.07. The maximum Gasteiger partial charge on any atom is 0.342 e. The molecule has 0 atom stereocenters. The van der Waals surface area contributed by atoms with Gasteiger partial charge >= 0.3 is 5.97 Å². The molecule has 0 aliphatic rings. The number of likely N-dealkylation sites (N-methyl/N-ethyl adjacent to an activating group) is 1. The Labute approximate surface area is 137 Å². The quantitative estimate of drug-likeness (QED) is 0.787. The largest absolute Gasteiger partial charge is 0.460 e. The van der Waals surface area contributed by atoms with Crippen LogP contribution < -0.4 is 4.90 Å². The van der Waals surface area contributed by atoms with Crippen LogP contribution in [-0.4, -0.2) is 31.2 Å². The molecule has 0 saturated carbocycles. The van der Waals surface area contributed by atoms with E-state index in [1.54, 1.807) is 24.1 Å². The SMILES string of the molecule is CN(CCOC(=O)c1c(F)cccc1Cl)c1ccc(C#N)cn1. The van der Waals surface area contributed by atoms with Gasteiger partial charge in [0.1, 0.15) is 29.9 Å². The molecule has 0 bridgehead atoms. The summed E-state index contributed by atoms with van der Waals surface area (Å²) >= 11 is 5.80. The van der Waals surface area contributed by atoms with E-state index in [1.807, 2.05) is 6.07 Å². The molecule has 1 aromatic carbocycles. The highest BCUT2D eigenvalue weighted by Gasteiger charge is 2.17. The average molecular weight is 334 g/mol. The highest BCUT2D eigenvalue weighted by Crippen LogP contribution is 2.19. The molecule has 0 N–H and O–H groups in total. The summed E-state index contributed by atoms with van der Waals surface area (Å²) in [6, 6.07) is 9.30. The summed E-state index contributed by atoms with van der Waals surface area (Å²) < 4.78 is 18.6. The van der Waals surface area contributed by atoms with Crippen LogP contribution in [0.4, 0.5) is 10.2 Å². The number of halogens is 2. The van der Waals surface area contributed by atoms with E-state index in [9.17, 15) is 9.18 Å². The summed E-state index contributed by atoms with van der Waals surface area (Å²) in [5.41, 5.74) is 0.191. The normalized spacial score (nSPS) is 10.0. The molecule has 7 heteroatoms. The van der Waals surface area contributed by atoms with Gasteiger partial charge in [-0.1, -0.05) is 17.7 Å². The number of esters is 1. The number of carbonyl (C=O) groups is 1. The summed E-state index contributed by atoms with van der Waals surface area (Å²) in [7, 11) is 1.76. The van der Waals surface area contributed by atoms with Crippen molar-refractivity contribution < 1.29 is 13.9 Å². The number of anilines is 1. The van der Waals surface area contributed by atoms with Gasteiger partial charge in [0.15, 0.2) is 0 Å². The summed E-state index contributed by atoms with van der Waals surface area (Å²) in [5.74, 6) is -0.900. The van der Waals surface area contributed by atoms with Crippen LogP contribution >= 0.6 is 11.6 Å². The fourth-order valence-electron chi connectivity index (χ4n) is 1.83. The van der Waals surface area contributed by atoms with Crippen LogP contribution in [0.3, 0.4) is 0 Å². The highest BCUT2D eigenvalue weighted by molar-refractivity contribution is 6.33. The van der Waals surface area contributed by atoms with E-state index in [1.165, 1.54) is 18.3 Å². The Morgan fingerprint density at radius 1 is 1.43 bits per heavy atom. The second-order valence-electron chi connectivity index (χ2n) is 4.67. The smallest absolute Gasteiger partial charge is 0.342 e. The Morgan fingerprint density at radius 2 is 2.22 bits per heavy atom. The zero-order valence-corrected chi connectivity index (χ0v) is 13.0. The monoisotopic (exact) mass is 333 g/mol. The first-order valence-electron chi connectivity index (χ1n) is 6.71. The van der Waals surface area contributed by atoms with Crippen LogP contribution in [0.1, 0.15) is 15.9 Å². The van der Waals surface area contributed by atoms with Gasteiger partial charge in [-0.15, -0.1) is 0 Å². The standard InChI is InChI=1S/C16H13ClFN3O2/c1-21(14-6-5-11(9-19)10-20-14)7-8-23-16(22)15-12(17)3-2-4-13(15)18/h2-6,10H,7-8H2,1H3. The second kappa shape index (κ2) is 7.56. The third-order valence-electron chi connectivity index (χ3n) is 3.09. The van der Waals surface area contributed by atoms with Gasteiger partial charge in [0, 0.05) is 13.2 Å². The van der Waals surface area contributed by atoms with Crippen molar-refractivity contribution in [3.05, 3.63) is 58.5 Å². The molecule has 5 nitrogen and oxygen atoms in total. The summed E-state index contributed by atoms with van der Waals surface area (Å²) in [4.78, 5) is 17.7. The minimum atomic E-state index is -0.811. The molecule has 0 aliphatic heterocycles. The molecule has 1 aromatic heterocycles. The predicted octanol–water partition coefficient (Wildman–Crippen LogP) is 3.04. The third-order valence-corrected chi connectivity index (χ3v) is 3.41. The van der Waals surface area contributed by atoms with Crippen LogP contribution in [0.5, 0.6) is 0 Å². The van der Waals surface area contributed by atoms with Crippen molar-refractivity contribution in [1.29, 1.82) is 5.26 Å². The van der Waals surface area contributed by atoms with Crippen molar-refractivity contribution >= 4 is 23.4 Å². The van der Waals surface area contributed by atoms with Gasteiger partial charge in [0.05, 0.1) is 17.1 Å². The lowest BCUT2D eigenvalue weighted by molar-refractivity contribution is 0.0511. The first-order valence-corrected chi connectivity index (χ1v) is 7.09. The summed E-state index contributed by atoms with van der Waals surface area (Å²) in [5, 5.41) is 8.73. The molecule has 0 spiro atoms. The molecule has 2 rings (SSSR count). The molecule has 23 heavy (non-hydrogen) atoms. The van der Waals surface area contributed by atoms with E-state index in [2.05, 4.69) is 4.98 Å². The van der Waals surface area contributed by atoms with Gasteiger partial charge in [-0.25, -0.2) is 14.2 Å². The van der Waals surface area contributed by atoms with Crippen molar-refractivity contribution in [2.45, 2.75) is 0 Å². The minimum absolute atomic E-state index is 0.0112. The lowest BCUT2D eigenvalue weighted by atomic mass is 10.2. The van der Waals surface area contributed by atoms with E-state index in [0.29, 0.717) is 17.9 Å². The fraction of sp³-hybridized carbons (Fsp3) is 0.188. The molecule has 0 fully saturated rings. The molecular formula is C16H13ClFN3O2. The van der Waals surface area contributed by atoms with E-state index in [4.69, 9.17) is 21.6 Å². The van der Waals surface area contributed by atoms with Crippen LogP contribution in [0, 0.1) is 17.1 Å². The summed E-state index contributed by atoms with van der Waals surface area (Å²) in [6.07, 6.45) is 1.46. The molecule has 0 aliphatic carbocycles. The molecule has 1 heterocycles. The zero-order valence-electron chi connectivity index (χ0n) is 12.3. The molecular weight excluding hydrogens is 321 g/mol. The Kier molecular flexibility index (Phi) is 5.50. The third kappa shape index (κ3) is 4.18. The number of ether oxygens (including phenoxy) is 1. The van der Waals surface area contributed by atoms with E-state index in [-0.39, 0.29) is 17.2 Å². The second-order valence-corrected chi connectivity index (χ2v) is 5.08. The number of benzene rings is 1. The van der Waals surface area contributed by atoms with Crippen LogP contribution in [0.15, 0.2) is 36.5 Å². The topological polar surface area (TPSA) is 66.2 Å². The number of hydrogen-bond donors (Lipinski definition) is 0. The Bertz CT molecular complexity index is 724. The first kappa shape index (κ1) is 16.7. The number of aromatic nitrogens is 1. The molecule has 0 unspecified atom stereocenters. The Balaban J connectivity index is 1.91. The minimum Gasteiger partial charge on any atom is -0.460 e. The van der Waals surface area contributed by atoms with Crippen molar-refractivity contribution in [3.8, 4) is 6.07 Å². The van der Waals surface area contributed by atoms with Crippen LogP contribution in [0.2, 0.25) is 5.02 Å². The molecule has 0 amide bonds. The lowest BCUT2D eigenvalue weighted by Crippen LogP contribution is -2.25.